The molecule has 6 fully saturated rings. The SMILES string of the molecule is CO[C@H]1[C@@H]2C[C@@H]3[C@H]1[C@]1(C[C@@H]2OC)C(=O)[C@@H]2N[C@H]1[C@]31[C@@H](OC)CCC(=O)[C@@H]21. The van der Waals surface area contributed by atoms with Gasteiger partial charge in [-0.05, 0) is 25.2 Å². The number of carbonyl (C=O) groups excluding carboxylic acids is 2. The number of Topliss-reactive ketones (excluding diaryl/α,β-unsaturated/α-hetero) is 2. The third kappa shape index (κ3) is 1.31. The minimum Gasteiger partial charge on any atom is -0.381 e. The average Bonchev–Trinajstić information content (AvgIpc) is 3.28. The highest BCUT2D eigenvalue weighted by atomic mass is 16.5. The maximum absolute atomic E-state index is 13.7. The Labute approximate surface area is 153 Å². The van der Waals surface area contributed by atoms with Crippen LogP contribution >= 0.6 is 0 Å². The molecule has 26 heavy (non-hydrogen) atoms. The molecule has 1 N–H and O–H groups in total. The van der Waals surface area contributed by atoms with Crippen molar-refractivity contribution in [2.75, 3.05) is 21.3 Å². The highest BCUT2D eigenvalue weighted by molar-refractivity contribution is 6.02. The molecule has 6 nitrogen and oxygen atoms in total. The molecule has 0 radical (unpaired) electrons. The van der Waals surface area contributed by atoms with Crippen molar-refractivity contribution in [1.82, 2.24) is 5.32 Å². The molecule has 0 aromatic carbocycles. The topological polar surface area (TPSA) is 73.9 Å². The number of hydrogen-bond donors (Lipinski definition) is 1. The first-order valence-corrected chi connectivity index (χ1v) is 9.98. The van der Waals surface area contributed by atoms with Gasteiger partial charge in [0.2, 0.25) is 0 Å². The number of rotatable bonds is 3. The van der Waals surface area contributed by atoms with Crippen LogP contribution < -0.4 is 5.32 Å². The molecule has 11 atom stereocenters. The molecule has 6 heteroatoms. The van der Waals surface area contributed by atoms with Gasteiger partial charge in [-0.15, -0.1) is 0 Å². The van der Waals surface area contributed by atoms with Crippen LogP contribution in [0.5, 0.6) is 0 Å². The zero-order valence-electron chi connectivity index (χ0n) is 15.6. The first-order valence-electron chi connectivity index (χ1n) is 9.98. The number of fused-ring (bicyclic) bond motifs is 3. The van der Waals surface area contributed by atoms with E-state index in [4.69, 9.17) is 14.2 Å². The number of ketones is 2. The lowest BCUT2D eigenvalue weighted by molar-refractivity contribution is -0.166. The van der Waals surface area contributed by atoms with Crippen LogP contribution in [0.2, 0.25) is 0 Å². The van der Waals surface area contributed by atoms with Gasteiger partial charge < -0.3 is 19.5 Å². The van der Waals surface area contributed by atoms with Gasteiger partial charge in [0.25, 0.3) is 0 Å². The van der Waals surface area contributed by atoms with Crippen LogP contribution in [-0.2, 0) is 23.8 Å². The van der Waals surface area contributed by atoms with Gasteiger partial charge in [-0.1, -0.05) is 0 Å². The molecule has 2 saturated heterocycles. The molecule has 0 amide bonds. The number of nitrogens with one attached hydrogen (secondary N) is 1. The van der Waals surface area contributed by atoms with Crippen LogP contribution in [-0.4, -0.2) is 63.3 Å². The van der Waals surface area contributed by atoms with Crippen molar-refractivity contribution in [2.45, 2.75) is 56.1 Å². The van der Waals surface area contributed by atoms with E-state index in [1.807, 2.05) is 0 Å². The molecule has 4 saturated carbocycles. The molecule has 0 aromatic rings. The molecular formula is C20H27NO5. The van der Waals surface area contributed by atoms with Crippen LogP contribution in [0.15, 0.2) is 0 Å². The highest BCUT2D eigenvalue weighted by Crippen LogP contribution is 2.79. The summed E-state index contributed by atoms with van der Waals surface area (Å²) in [5.74, 6) is 1.10. The molecule has 0 aromatic heterocycles. The van der Waals surface area contributed by atoms with Crippen molar-refractivity contribution in [3.05, 3.63) is 0 Å². The Balaban J connectivity index is 1.61. The molecule has 2 spiro atoms. The van der Waals surface area contributed by atoms with E-state index in [1.54, 1.807) is 21.3 Å². The van der Waals surface area contributed by atoms with Crippen LogP contribution in [0.1, 0.15) is 25.7 Å². The summed E-state index contributed by atoms with van der Waals surface area (Å²) in [6.07, 6.45) is 3.20. The van der Waals surface area contributed by atoms with Gasteiger partial charge in [0, 0.05) is 51.0 Å². The maximum Gasteiger partial charge on any atom is 0.158 e. The zero-order chi connectivity index (χ0) is 18.0. The van der Waals surface area contributed by atoms with E-state index in [0.717, 1.165) is 19.3 Å². The lowest BCUT2D eigenvalue weighted by Gasteiger charge is -2.53. The fourth-order valence-electron chi connectivity index (χ4n) is 9.05. The molecule has 4 bridgehead atoms. The Morgan fingerprint density at radius 3 is 2.62 bits per heavy atom. The third-order valence-electron chi connectivity index (χ3n) is 9.38. The van der Waals surface area contributed by atoms with Gasteiger partial charge in [-0.25, -0.2) is 0 Å². The molecule has 6 rings (SSSR count). The molecule has 2 aliphatic heterocycles. The molecular weight excluding hydrogens is 334 g/mol. The van der Waals surface area contributed by atoms with Crippen molar-refractivity contribution < 1.29 is 23.8 Å². The van der Waals surface area contributed by atoms with Gasteiger partial charge >= 0.3 is 0 Å². The van der Waals surface area contributed by atoms with Gasteiger partial charge in [0.05, 0.1) is 35.7 Å². The average molecular weight is 361 g/mol. The minimum absolute atomic E-state index is 0.0262. The second kappa shape index (κ2) is 4.77. The Morgan fingerprint density at radius 1 is 1.12 bits per heavy atom. The molecule has 4 aliphatic carbocycles. The molecule has 0 unspecified atom stereocenters. The Bertz CT molecular complexity index is 710. The fraction of sp³-hybridized carbons (Fsp3) is 0.900. The fourth-order valence-corrected chi connectivity index (χ4v) is 9.05. The van der Waals surface area contributed by atoms with Crippen LogP contribution in [0.3, 0.4) is 0 Å². The number of methoxy groups -OCH3 is 3. The first kappa shape index (κ1) is 16.2. The molecule has 6 aliphatic rings. The number of carbonyl (C=O) groups is 2. The van der Waals surface area contributed by atoms with Gasteiger partial charge in [-0.3, -0.25) is 9.59 Å². The predicted molar refractivity (Wildman–Crippen MR) is 90.4 cm³/mol. The van der Waals surface area contributed by atoms with Gasteiger partial charge in [0.15, 0.2) is 5.78 Å². The van der Waals surface area contributed by atoms with Crippen LogP contribution in [0, 0.1) is 34.5 Å². The Kier molecular flexibility index (Phi) is 2.97. The maximum atomic E-state index is 13.7. The zero-order valence-corrected chi connectivity index (χ0v) is 15.6. The lowest BCUT2D eigenvalue weighted by Crippen LogP contribution is -2.64. The van der Waals surface area contributed by atoms with E-state index in [9.17, 15) is 9.59 Å². The summed E-state index contributed by atoms with van der Waals surface area (Å²) in [6.45, 7) is 0. The van der Waals surface area contributed by atoms with Crippen molar-refractivity contribution >= 4 is 11.6 Å². The van der Waals surface area contributed by atoms with E-state index in [0.29, 0.717) is 18.3 Å². The summed E-state index contributed by atoms with van der Waals surface area (Å²) >= 11 is 0. The molecule has 2 heterocycles. The largest absolute Gasteiger partial charge is 0.381 e. The standard InChI is InChI=1S/C20H27NO5/c1-24-11-7-19-13-9(6-8(11)16(13)26-3)20-12(25-2)5-4-10(22)14(20)15(17(19)23)21-18(19)20/h8-9,11-16,18,21H,4-7H2,1-3H3/t8-,9-,11+,12+,13-,14+,15-,16+,18-,19-,20+/m1/s1. The number of hydrogen-bond acceptors (Lipinski definition) is 6. The Hall–Kier alpha value is -0.820. The third-order valence-corrected chi connectivity index (χ3v) is 9.38. The van der Waals surface area contributed by atoms with E-state index in [2.05, 4.69) is 5.32 Å². The van der Waals surface area contributed by atoms with Gasteiger partial charge in [0.1, 0.15) is 5.78 Å². The smallest absolute Gasteiger partial charge is 0.158 e. The van der Waals surface area contributed by atoms with E-state index in [-0.39, 0.29) is 59.2 Å². The monoisotopic (exact) mass is 361 g/mol. The summed E-state index contributed by atoms with van der Waals surface area (Å²) in [7, 11) is 5.30. The second-order valence-electron chi connectivity index (χ2n) is 9.40. The second-order valence-corrected chi connectivity index (χ2v) is 9.40. The number of ether oxygens (including phenoxy) is 3. The lowest BCUT2D eigenvalue weighted by atomic mass is 9.50. The Morgan fingerprint density at radius 2 is 1.92 bits per heavy atom. The summed E-state index contributed by atoms with van der Waals surface area (Å²) in [4.78, 5) is 26.7. The predicted octanol–water partition coefficient (Wildman–Crippen LogP) is 0.576. The summed E-state index contributed by atoms with van der Waals surface area (Å²) in [5, 5.41) is 3.64. The summed E-state index contributed by atoms with van der Waals surface area (Å²) < 4.78 is 17.9. The van der Waals surface area contributed by atoms with Crippen LogP contribution in [0.25, 0.3) is 0 Å². The highest BCUT2D eigenvalue weighted by Gasteiger charge is 2.89. The summed E-state index contributed by atoms with van der Waals surface area (Å²) in [6, 6.07) is -0.305. The van der Waals surface area contributed by atoms with Crippen LogP contribution in [0.4, 0.5) is 0 Å². The molecule has 142 valence electrons. The van der Waals surface area contributed by atoms with E-state index in [1.165, 1.54) is 0 Å². The van der Waals surface area contributed by atoms with Gasteiger partial charge in [-0.2, -0.15) is 0 Å². The quantitative estimate of drug-likeness (QED) is 0.793. The first-order chi connectivity index (χ1) is 12.6. The normalized spacial score (nSPS) is 61.4. The minimum atomic E-state index is -0.450. The van der Waals surface area contributed by atoms with Crippen molar-refractivity contribution in [2.24, 2.45) is 34.5 Å². The van der Waals surface area contributed by atoms with E-state index < -0.39 is 5.41 Å². The van der Waals surface area contributed by atoms with Crippen molar-refractivity contribution in [3.8, 4) is 0 Å². The van der Waals surface area contributed by atoms with Crippen molar-refractivity contribution in [1.29, 1.82) is 0 Å². The summed E-state index contributed by atoms with van der Waals surface area (Å²) in [5.41, 5.74) is -0.688. The van der Waals surface area contributed by atoms with Crippen molar-refractivity contribution in [3.63, 3.8) is 0 Å². The van der Waals surface area contributed by atoms with E-state index >= 15 is 0 Å².